The molecule has 0 atom stereocenters. The van der Waals surface area contributed by atoms with Gasteiger partial charge in [0.1, 0.15) is 11.6 Å². The average molecular weight is 389 g/mol. The first-order valence-corrected chi connectivity index (χ1v) is 8.86. The molecule has 0 aliphatic carbocycles. The lowest BCUT2D eigenvalue weighted by atomic mass is 10.2. The Bertz CT molecular complexity index is 923. The quantitative estimate of drug-likeness (QED) is 0.348. The van der Waals surface area contributed by atoms with Crippen LogP contribution in [-0.2, 0) is 22.6 Å². The first-order chi connectivity index (χ1) is 12.5. The maximum Gasteiger partial charge on any atom is 0.312 e. The standard InChI is InChI=1S/C18H13ClN2O4S/c19-14-5-3-13(4-6-14)18-20-15(11-26-18)9-17(22)25-10-12-1-7-16(8-2-12)21(23)24/h1-8,11H,9-10H2. The van der Waals surface area contributed by atoms with E-state index in [0.717, 1.165) is 10.6 Å². The summed E-state index contributed by atoms with van der Waals surface area (Å²) in [6, 6.07) is 13.2. The molecule has 2 aromatic carbocycles. The topological polar surface area (TPSA) is 82.3 Å². The summed E-state index contributed by atoms with van der Waals surface area (Å²) in [6.45, 7) is 0.0605. The van der Waals surface area contributed by atoms with Crippen LogP contribution in [0.2, 0.25) is 5.02 Å². The molecule has 0 fully saturated rings. The van der Waals surface area contributed by atoms with Crippen molar-refractivity contribution in [3.05, 3.63) is 80.3 Å². The summed E-state index contributed by atoms with van der Waals surface area (Å²) in [5.74, 6) is -0.406. The summed E-state index contributed by atoms with van der Waals surface area (Å²) in [4.78, 5) is 26.5. The van der Waals surface area contributed by atoms with Crippen molar-refractivity contribution in [3.8, 4) is 10.6 Å². The van der Waals surface area contributed by atoms with Gasteiger partial charge in [-0.1, -0.05) is 23.7 Å². The SMILES string of the molecule is O=C(Cc1csc(-c2ccc(Cl)cc2)n1)OCc1ccc([N+](=O)[O-])cc1. The first-order valence-electron chi connectivity index (χ1n) is 7.60. The predicted octanol–water partition coefficient (Wildman–Crippen LogP) is 4.66. The predicted molar refractivity (Wildman–Crippen MR) is 99.2 cm³/mol. The molecule has 1 heterocycles. The van der Waals surface area contributed by atoms with E-state index in [1.54, 1.807) is 24.3 Å². The van der Waals surface area contributed by atoms with Crippen molar-refractivity contribution in [1.82, 2.24) is 4.98 Å². The molecule has 3 aromatic rings. The van der Waals surface area contributed by atoms with Crippen molar-refractivity contribution in [2.75, 3.05) is 0 Å². The Morgan fingerprint density at radius 1 is 1.15 bits per heavy atom. The number of aromatic nitrogens is 1. The molecule has 0 spiro atoms. The summed E-state index contributed by atoms with van der Waals surface area (Å²) in [6.07, 6.45) is 0.0665. The molecule has 0 aliphatic rings. The molecule has 8 heteroatoms. The number of rotatable bonds is 6. The van der Waals surface area contributed by atoms with Crippen LogP contribution in [0.4, 0.5) is 5.69 Å². The Kier molecular flexibility index (Phi) is 5.60. The number of nitro groups is 1. The molecule has 26 heavy (non-hydrogen) atoms. The minimum atomic E-state index is -0.476. The molecule has 6 nitrogen and oxygen atoms in total. The summed E-state index contributed by atoms with van der Waals surface area (Å²) in [5, 5.41) is 13.9. The number of nitro benzene ring substituents is 1. The zero-order chi connectivity index (χ0) is 18.5. The lowest BCUT2D eigenvalue weighted by Gasteiger charge is -2.03. The van der Waals surface area contributed by atoms with E-state index in [-0.39, 0.29) is 18.7 Å². The Morgan fingerprint density at radius 3 is 2.50 bits per heavy atom. The van der Waals surface area contributed by atoms with Gasteiger partial charge in [0.25, 0.3) is 5.69 Å². The molecule has 0 aliphatic heterocycles. The minimum absolute atomic E-state index is 0.00252. The number of carbonyl (C=O) groups is 1. The normalized spacial score (nSPS) is 10.5. The molecule has 0 radical (unpaired) electrons. The number of hydrogen-bond donors (Lipinski definition) is 0. The average Bonchev–Trinajstić information content (AvgIpc) is 3.09. The number of hydrogen-bond acceptors (Lipinski definition) is 6. The summed E-state index contributed by atoms with van der Waals surface area (Å²) in [7, 11) is 0. The number of benzene rings is 2. The van der Waals surface area contributed by atoms with E-state index >= 15 is 0 Å². The molecule has 0 saturated heterocycles. The van der Waals surface area contributed by atoms with Gasteiger partial charge in [-0.05, 0) is 29.8 Å². The van der Waals surface area contributed by atoms with E-state index in [4.69, 9.17) is 16.3 Å². The number of esters is 1. The third-order valence-corrected chi connectivity index (χ3v) is 4.71. The number of nitrogens with zero attached hydrogens (tertiary/aromatic N) is 2. The monoisotopic (exact) mass is 388 g/mol. The highest BCUT2D eigenvalue weighted by Gasteiger charge is 2.11. The van der Waals surface area contributed by atoms with Crippen molar-refractivity contribution >= 4 is 34.6 Å². The number of halogens is 1. The van der Waals surface area contributed by atoms with Gasteiger partial charge in [-0.3, -0.25) is 14.9 Å². The highest BCUT2D eigenvalue weighted by Crippen LogP contribution is 2.25. The van der Waals surface area contributed by atoms with Crippen molar-refractivity contribution in [2.45, 2.75) is 13.0 Å². The van der Waals surface area contributed by atoms with Crippen molar-refractivity contribution in [2.24, 2.45) is 0 Å². The lowest BCUT2D eigenvalue weighted by Crippen LogP contribution is -2.08. The van der Waals surface area contributed by atoms with Crippen molar-refractivity contribution in [1.29, 1.82) is 0 Å². The van der Waals surface area contributed by atoms with Gasteiger partial charge in [0.2, 0.25) is 0 Å². The summed E-state index contributed by atoms with van der Waals surface area (Å²) < 4.78 is 5.20. The van der Waals surface area contributed by atoms with E-state index in [9.17, 15) is 14.9 Å². The van der Waals surface area contributed by atoms with Crippen LogP contribution in [0.3, 0.4) is 0 Å². The fourth-order valence-corrected chi connectivity index (χ4v) is 3.14. The van der Waals surface area contributed by atoms with Crippen LogP contribution < -0.4 is 0 Å². The second-order valence-corrected chi connectivity index (χ2v) is 6.71. The summed E-state index contributed by atoms with van der Waals surface area (Å²) >= 11 is 7.31. The first kappa shape index (κ1) is 18.0. The van der Waals surface area contributed by atoms with Crippen molar-refractivity contribution < 1.29 is 14.5 Å². The number of non-ortho nitro benzene ring substituents is 1. The van der Waals surface area contributed by atoms with Gasteiger partial charge in [-0.15, -0.1) is 11.3 Å². The third-order valence-electron chi connectivity index (χ3n) is 3.52. The highest BCUT2D eigenvalue weighted by atomic mass is 35.5. The van der Waals surface area contributed by atoms with Gasteiger partial charge < -0.3 is 4.74 Å². The van der Waals surface area contributed by atoms with Crippen LogP contribution in [0.1, 0.15) is 11.3 Å². The van der Waals surface area contributed by atoms with Gasteiger partial charge in [-0.25, -0.2) is 4.98 Å². The van der Waals surface area contributed by atoms with Crippen molar-refractivity contribution in [3.63, 3.8) is 0 Å². The van der Waals surface area contributed by atoms with E-state index in [0.29, 0.717) is 16.3 Å². The number of carbonyl (C=O) groups excluding carboxylic acids is 1. The van der Waals surface area contributed by atoms with Gasteiger partial charge in [0.05, 0.1) is 17.0 Å². The third kappa shape index (κ3) is 4.65. The highest BCUT2D eigenvalue weighted by molar-refractivity contribution is 7.13. The lowest BCUT2D eigenvalue weighted by molar-refractivity contribution is -0.384. The van der Waals surface area contributed by atoms with Crippen LogP contribution in [0, 0.1) is 10.1 Å². The number of ether oxygens (including phenoxy) is 1. The maximum absolute atomic E-state index is 12.0. The largest absolute Gasteiger partial charge is 0.461 e. The smallest absolute Gasteiger partial charge is 0.312 e. The van der Waals surface area contributed by atoms with Gasteiger partial charge in [0.15, 0.2) is 0 Å². The molecule has 0 bridgehead atoms. The molecular formula is C18H13ClN2O4S. The Labute approximate surface area is 158 Å². The summed E-state index contributed by atoms with van der Waals surface area (Å²) in [5.41, 5.74) is 2.25. The minimum Gasteiger partial charge on any atom is -0.461 e. The molecule has 1 aromatic heterocycles. The molecule has 0 N–H and O–H groups in total. The molecule has 0 saturated carbocycles. The maximum atomic E-state index is 12.0. The molecule has 3 rings (SSSR count). The van der Waals surface area contributed by atoms with E-state index < -0.39 is 10.9 Å². The van der Waals surface area contributed by atoms with Crippen LogP contribution in [-0.4, -0.2) is 15.9 Å². The van der Waals surface area contributed by atoms with Crippen LogP contribution in [0.25, 0.3) is 10.6 Å². The second-order valence-electron chi connectivity index (χ2n) is 5.41. The van der Waals surface area contributed by atoms with Crippen LogP contribution in [0.15, 0.2) is 53.9 Å². The van der Waals surface area contributed by atoms with E-state index in [1.165, 1.54) is 23.5 Å². The molecular weight excluding hydrogens is 376 g/mol. The fourth-order valence-electron chi connectivity index (χ4n) is 2.19. The zero-order valence-corrected chi connectivity index (χ0v) is 15.0. The number of thiazole rings is 1. The Morgan fingerprint density at radius 2 is 1.85 bits per heavy atom. The van der Waals surface area contributed by atoms with Gasteiger partial charge in [0, 0.05) is 28.1 Å². The van der Waals surface area contributed by atoms with Gasteiger partial charge in [-0.2, -0.15) is 0 Å². The second kappa shape index (κ2) is 8.07. The molecule has 0 unspecified atom stereocenters. The van der Waals surface area contributed by atoms with Gasteiger partial charge >= 0.3 is 5.97 Å². The molecule has 132 valence electrons. The van der Waals surface area contributed by atoms with Crippen LogP contribution in [0.5, 0.6) is 0 Å². The fraction of sp³-hybridized carbons (Fsp3) is 0.111. The van der Waals surface area contributed by atoms with E-state index in [2.05, 4.69) is 4.98 Å². The molecule has 0 amide bonds. The Balaban J connectivity index is 1.55. The Hall–Kier alpha value is -2.77. The van der Waals surface area contributed by atoms with E-state index in [1.807, 2.05) is 17.5 Å². The van der Waals surface area contributed by atoms with Crippen LogP contribution >= 0.6 is 22.9 Å². The zero-order valence-electron chi connectivity index (χ0n) is 13.4.